The van der Waals surface area contributed by atoms with Crippen LogP contribution in [0.2, 0.25) is 0 Å². The molecule has 0 spiro atoms. The quantitative estimate of drug-likeness (QED) is 0.160. The second-order valence-electron chi connectivity index (χ2n) is 15.2. The number of hydrogen-bond donors (Lipinski definition) is 0. The van der Waals surface area contributed by atoms with E-state index in [0.29, 0.717) is 0 Å². The van der Waals surface area contributed by atoms with Gasteiger partial charge in [-0.15, -0.1) is 0 Å². The Morgan fingerprint density at radius 3 is 1.26 bits per heavy atom. The molecule has 0 radical (unpaired) electrons. The van der Waals surface area contributed by atoms with Crippen LogP contribution in [0.15, 0.2) is 212 Å². The Bertz CT molecular complexity index is 3480. The van der Waals surface area contributed by atoms with Gasteiger partial charge in [-0.2, -0.15) is 0 Å². The largest absolute Gasteiger partial charge is 0.309 e. The molecule has 12 rings (SSSR count). The van der Waals surface area contributed by atoms with Gasteiger partial charge in [-0.3, -0.25) is 0 Å². The molecule has 0 N–H and O–H groups in total. The van der Waals surface area contributed by atoms with Crippen LogP contribution in [0.1, 0.15) is 0 Å². The third-order valence-electron chi connectivity index (χ3n) is 12.1. The minimum absolute atomic E-state index is 1.15. The predicted octanol–water partition coefficient (Wildman–Crippen LogP) is 15.6. The molecular weight excluding hydrogens is 687 g/mol. The molecule has 0 atom stereocenters. The molecule has 1 heterocycles. The fraction of sp³-hybridized carbons (Fsp3) is 0. The molecular formula is C56H35N. The van der Waals surface area contributed by atoms with Gasteiger partial charge in [-0.25, -0.2) is 0 Å². The van der Waals surface area contributed by atoms with Gasteiger partial charge in [0.15, 0.2) is 0 Å². The van der Waals surface area contributed by atoms with Crippen molar-refractivity contribution in [2.45, 2.75) is 0 Å². The van der Waals surface area contributed by atoms with Crippen molar-refractivity contribution >= 4 is 75.7 Å². The van der Waals surface area contributed by atoms with E-state index >= 15 is 0 Å². The normalized spacial score (nSPS) is 11.9. The lowest BCUT2D eigenvalue weighted by Crippen LogP contribution is -1.95. The lowest BCUT2D eigenvalue weighted by molar-refractivity contribution is 1.18. The van der Waals surface area contributed by atoms with Crippen LogP contribution in [0.3, 0.4) is 0 Å². The van der Waals surface area contributed by atoms with E-state index in [-0.39, 0.29) is 0 Å². The summed E-state index contributed by atoms with van der Waals surface area (Å²) in [6, 6.07) is 78.3. The molecule has 0 aliphatic carbocycles. The van der Waals surface area contributed by atoms with Crippen molar-refractivity contribution in [3.05, 3.63) is 212 Å². The summed E-state index contributed by atoms with van der Waals surface area (Å²) in [5.41, 5.74) is 11.0. The maximum absolute atomic E-state index is 2.47. The second kappa shape index (κ2) is 12.5. The molecule has 0 saturated carbocycles. The zero-order chi connectivity index (χ0) is 37.5. The summed E-state index contributed by atoms with van der Waals surface area (Å²) < 4.78 is 2.47. The maximum atomic E-state index is 2.47. The molecule has 57 heavy (non-hydrogen) atoms. The first-order chi connectivity index (χ1) is 28.3. The Hall–Kier alpha value is -7.48. The molecule has 0 aliphatic heterocycles. The van der Waals surface area contributed by atoms with Crippen LogP contribution in [0, 0.1) is 0 Å². The van der Waals surface area contributed by atoms with Gasteiger partial charge in [0.25, 0.3) is 0 Å². The third-order valence-corrected chi connectivity index (χ3v) is 12.1. The number of nitrogens with zero attached hydrogens (tertiary/aromatic N) is 1. The molecule has 264 valence electrons. The van der Waals surface area contributed by atoms with Gasteiger partial charge in [-0.1, -0.05) is 176 Å². The molecule has 0 fully saturated rings. The number of aromatic nitrogens is 1. The fourth-order valence-corrected chi connectivity index (χ4v) is 9.56. The van der Waals surface area contributed by atoms with E-state index < -0.39 is 0 Å². The molecule has 1 heteroatoms. The smallest absolute Gasteiger partial charge is 0.0547 e. The van der Waals surface area contributed by atoms with Crippen LogP contribution < -0.4 is 0 Å². The van der Waals surface area contributed by atoms with Crippen molar-refractivity contribution in [1.82, 2.24) is 4.57 Å². The highest BCUT2D eigenvalue weighted by molar-refractivity contribution is 6.29. The SMILES string of the molecule is c1ccc(-c2ccc(-c3c4ccccc4c(-c4ccc(-n5c6ccc7ccccc7c6c6c7cc8ccccc8cc7ccc65)cc4)c4ccccc34)cc2)cc1. The van der Waals surface area contributed by atoms with Gasteiger partial charge in [-0.05, 0) is 124 Å². The van der Waals surface area contributed by atoms with Crippen LogP contribution in [-0.2, 0) is 0 Å². The Labute approximate surface area is 330 Å². The van der Waals surface area contributed by atoms with E-state index in [1.54, 1.807) is 0 Å². The highest BCUT2D eigenvalue weighted by atomic mass is 15.0. The standard InChI is InChI=1S/C56H35N/c1-2-12-36(13-3-1)37-22-24-39(25-23-37)53-46-18-8-10-20-48(46)54(49-21-11-9-19-47(49)53)40-26-30-44(31-27-40)57-51-32-28-38-14-6-7-17-45(38)55(51)56-50-35-42-16-5-4-15-41(42)34-43(50)29-33-52(56)57/h1-35H. The van der Waals surface area contributed by atoms with Crippen molar-refractivity contribution in [3.8, 4) is 39.1 Å². The van der Waals surface area contributed by atoms with Crippen LogP contribution in [-0.4, -0.2) is 4.57 Å². The molecule has 0 aliphatic rings. The Morgan fingerprint density at radius 2 is 0.667 bits per heavy atom. The van der Waals surface area contributed by atoms with E-state index in [4.69, 9.17) is 0 Å². The van der Waals surface area contributed by atoms with Crippen molar-refractivity contribution < 1.29 is 0 Å². The van der Waals surface area contributed by atoms with Crippen molar-refractivity contribution in [2.75, 3.05) is 0 Å². The summed E-state index contributed by atoms with van der Waals surface area (Å²) >= 11 is 0. The molecule has 0 saturated heterocycles. The van der Waals surface area contributed by atoms with Crippen molar-refractivity contribution in [1.29, 1.82) is 0 Å². The van der Waals surface area contributed by atoms with Crippen LogP contribution >= 0.6 is 0 Å². The predicted molar refractivity (Wildman–Crippen MR) is 245 cm³/mol. The van der Waals surface area contributed by atoms with Gasteiger partial charge >= 0.3 is 0 Å². The Kier molecular flexibility index (Phi) is 7.00. The van der Waals surface area contributed by atoms with Gasteiger partial charge in [0.2, 0.25) is 0 Å². The third kappa shape index (κ3) is 4.89. The molecule has 11 aromatic carbocycles. The highest BCUT2D eigenvalue weighted by Crippen LogP contribution is 2.45. The van der Waals surface area contributed by atoms with Gasteiger partial charge in [0, 0.05) is 16.5 Å². The van der Waals surface area contributed by atoms with E-state index in [1.807, 2.05) is 0 Å². The summed E-state index contributed by atoms with van der Waals surface area (Å²) in [4.78, 5) is 0. The van der Waals surface area contributed by atoms with Crippen LogP contribution in [0.4, 0.5) is 0 Å². The minimum Gasteiger partial charge on any atom is -0.309 e. The summed E-state index contributed by atoms with van der Waals surface area (Å²) in [6.45, 7) is 0. The number of fused-ring (bicyclic) bond motifs is 10. The zero-order valence-electron chi connectivity index (χ0n) is 31.2. The fourth-order valence-electron chi connectivity index (χ4n) is 9.56. The topological polar surface area (TPSA) is 4.93 Å². The molecule has 0 bridgehead atoms. The summed E-state index contributed by atoms with van der Waals surface area (Å²) in [5.74, 6) is 0. The number of benzene rings is 11. The Balaban J connectivity index is 1.06. The first-order valence-corrected chi connectivity index (χ1v) is 19.8. The molecule has 0 amide bonds. The first-order valence-electron chi connectivity index (χ1n) is 19.8. The van der Waals surface area contributed by atoms with E-state index in [1.165, 1.54) is 109 Å². The summed E-state index contributed by atoms with van der Waals surface area (Å²) in [6.07, 6.45) is 0. The molecule has 1 aromatic heterocycles. The lowest BCUT2D eigenvalue weighted by atomic mass is 9.85. The minimum atomic E-state index is 1.15. The van der Waals surface area contributed by atoms with Gasteiger partial charge in [0.1, 0.15) is 0 Å². The first kappa shape index (κ1) is 31.8. The van der Waals surface area contributed by atoms with Crippen molar-refractivity contribution in [3.63, 3.8) is 0 Å². The molecule has 0 unspecified atom stereocenters. The monoisotopic (exact) mass is 721 g/mol. The Morgan fingerprint density at radius 1 is 0.246 bits per heavy atom. The van der Waals surface area contributed by atoms with Gasteiger partial charge < -0.3 is 4.57 Å². The van der Waals surface area contributed by atoms with E-state index in [0.717, 1.165) is 5.69 Å². The van der Waals surface area contributed by atoms with E-state index in [2.05, 4.69) is 217 Å². The average Bonchev–Trinajstić information content (AvgIpc) is 3.63. The van der Waals surface area contributed by atoms with Crippen molar-refractivity contribution in [2.24, 2.45) is 0 Å². The highest BCUT2D eigenvalue weighted by Gasteiger charge is 2.20. The lowest BCUT2D eigenvalue weighted by Gasteiger charge is -2.18. The second-order valence-corrected chi connectivity index (χ2v) is 15.2. The van der Waals surface area contributed by atoms with Crippen LogP contribution in [0.25, 0.3) is 115 Å². The molecule has 1 nitrogen and oxygen atoms in total. The van der Waals surface area contributed by atoms with E-state index in [9.17, 15) is 0 Å². The average molecular weight is 722 g/mol. The summed E-state index contributed by atoms with van der Waals surface area (Å²) in [5, 5.41) is 15.3. The zero-order valence-corrected chi connectivity index (χ0v) is 31.2. The van der Waals surface area contributed by atoms with Crippen LogP contribution in [0.5, 0.6) is 0 Å². The number of rotatable bonds is 4. The summed E-state index contributed by atoms with van der Waals surface area (Å²) in [7, 11) is 0. The maximum Gasteiger partial charge on any atom is 0.0547 e. The van der Waals surface area contributed by atoms with Gasteiger partial charge in [0.05, 0.1) is 11.0 Å². The number of hydrogen-bond acceptors (Lipinski definition) is 0. The molecule has 12 aromatic rings.